The molecule has 0 aromatic heterocycles. The van der Waals surface area contributed by atoms with Crippen molar-refractivity contribution in [1.82, 2.24) is 9.80 Å². The number of morpholine rings is 1. The largest absolute Gasteiger partial charge is 0.362 e. The summed E-state index contributed by atoms with van der Waals surface area (Å²) in [6.07, 6.45) is 0.815. The molecule has 0 aromatic rings. The fourth-order valence-corrected chi connectivity index (χ4v) is 3.02. The molecule has 1 spiro atoms. The Bertz CT molecular complexity index is 367. The molecule has 4 heteroatoms. The van der Waals surface area contributed by atoms with Crippen LogP contribution in [0.1, 0.15) is 48.0 Å². The Kier molecular flexibility index (Phi) is 3.47. The van der Waals surface area contributed by atoms with Crippen LogP contribution in [0.3, 0.4) is 0 Å². The van der Waals surface area contributed by atoms with Crippen LogP contribution >= 0.6 is 0 Å². The first kappa shape index (κ1) is 14.8. The second-order valence-corrected chi connectivity index (χ2v) is 7.81. The van der Waals surface area contributed by atoms with Gasteiger partial charge in [0.05, 0.1) is 6.61 Å². The second-order valence-electron chi connectivity index (χ2n) is 7.81. The van der Waals surface area contributed by atoms with Crippen molar-refractivity contribution in [3.63, 3.8) is 0 Å². The highest BCUT2D eigenvalue weighted by Crippen LogP contribution is 2.36. The van der Waals surface area contributed by atoms with Crippen molar-refractivity contribution < 1.29 is 9.53 Å². The standard InChI is InChI=1S/C15H28N2O2/c1-13(2,3)16-9-10-19-15(11-16)7-8-17(12(15)18)14(4,5)6/h7-11H2,1-6H3. The molecule has 2 rings (SSSR count). The number of likely N-dealkylation sites (tertiary alicyclic amines) is 1. The Balaban J connectivity index is 2.19. The summed E-state index contributed by atoms with van der Waals surface area (Å²) in [4.78, 5) is 17.1. The van der Waals surface area contributed by atoms with Gasteiger partial charge < -0.3 is 9.64 Å². The van der Waals surface area contributed by atoms with E-state index in [0.29, 0.717) is 6.61 Å². The number of hydrogen-bond acceptors (Lipinski definition) is 3. The first-order valence-corrected chi connectivity index (χ1v) is 7.27. The van der Waals surface area contributed by atoms with Gasteiger partial charge in [-0.25, -0.2) is 0 Å². The van der Waals surface area contributed by atoms with Crippen LogP contribution in [0.5, 0.6) is 0 Å². The summed E-state index contributed by atoms with van der Waals surface area (Å²) in [5.74, 6) is 0.175. The maximum atomic E-state index is 12.8. The number of hydrogen-bond donors (Lipinski definition) is 0. The molecular weight excluding hydrogens is 240 g/mol. The number of ether oxygens (including phenoxy) is 1. The van der Waals surface area contributed by atoms with Gasteiger partial charge in [-0.1, -0.05) is 0 Å². The molecule has 0 bridgehead atoms. The van der Waals surface area contributed by atoms with E-state index in [1.807, 2.05) is 4.90 Å². The van der Waals surface area contributed by atoms with Gasteiger partial charge in [-0.15, -0.1) is 0 Å². The van der Waals surface area contributed by atoms with E-state index in [2.05, 4.69) is 46.4 Å². The van der Waals surface area contributed by atoms with Gasteiger partial charge in [0.1, 0.15) is 0 Å². The molecule has 2 aliphatic rings. The first-order valence-electron chi connectivity index (χ1n) is 7.27. The Hall–Kier alpha value is -0.610. The summed E-state index contributed by atoms with van der Waals surface area (Å²) in [5, 5.41) is 0. The fourth-order valence-electron chi connectivity index (χ4n) is 3.02. The lowest BCUT2D eigenvalue weighted by Gasteiger charge is -2.45. The third-order valence-corrected chi connectivity index (χ3v) is 4.32. The van der Waals surface area contributed by atoms with Crippen LogP contribution in [0, 0.1) is 0 Å². The molecule has 4 nitrogen and oxygen atoms in total. The van der Waals surface area contributed by atoms with Crippen molar-refractivity contribution >= 4 is 5.91 Å². The molecule has 1 atom stereocenters. The lowest BCUT2D eigenvalue weighted by molar-refractivity contribution is -0.167. The summed E-state index contributed by atoms with van der Waals surface area (Å²) in [7, 11) is 0. The van der Waals surface area contributed by atoms with Gasteiger partial charge in [-0.2, -0.15) is 0 Å². The van der Waals surface area contributed by atoms with Gasteiger partial charge in [0.15, 0.2) is 5.60 Å². The highest BCUT2D eigenvalue weighted by molar-refractivity contribution is 5.88. The van der Waals surface area contributed by atoms with E-state index in [1.165, 1.54) is 0 Å². The Morgan fingerprint density at radius 1 is 1.05 bits per heavy atom. The van der Waals surface area contributed by atoms with E-state index in [9.17, 15) is 4.79 Å². The van der Waals surface area contributed by atoms with E-state index in [1.54, 1.807) is 0 Å². The third kappa shape index (κ3) is 2.65. The summed E-state index contributed by atoms with van der Waals surface area (Å²) in [6, 6.07) is 0. The minimum absolute atomic E-state index is 0.0895. The van der Waals surface area contributed by atoms with Crippen molar-refractivity contribution in [1.29, 1.82) is 0 Å². The zero-order valence-corrected chi connectivity index (χ0v) is 13.2. The van der Waals surface area contributed by atoms with Crippen molar-refractivity contribution in [3.8, 4) is 0 Å². The van der Waals surface area contributed by atoms with E-state index in [4.69, 9.17) is 4.74 Å². The highest BCUT2D eigenvalue weighted by atomic mass is 16.5. The molecular formula is C15H28N2O2. The van der Waals surface area contributed by atoms with Crippen molar-refractivity contribution in [2.75, 3.05) is 26.2 Å². The summed E-state index contributed by atoms with van der Waals surface area (Å²) < 4.78 is 5.96. The molecule has 1 amide bonds. The molecule has 1 unspecified atom stereocenters. The number of carbonyl (C=O) groups is 1. The van der Waals surface area contributed by atoms with E-state index >= 15 is 0 Å². The fraction of sp³-hybridized carbons (Fsp3) is 0.933. The number of nitrogens with zero attached hydrogens (tertiary/aromatic N) is 2. The first-order chi connectivity index (χ1) is 8.56. The second kappa shape index (κ2) is 4.45. The molecule has 2 heterocycles. The van der Waals surface area contributed by atoms with Gasteiger partial charge in [0.2, 0.25) is 0 Å². The van der Waals surface area contributed by atoms with Crippen LogP contribution in [-0.2, 0) is 9.53 Å². The quantitative estimate of drug-likeness (QED) is 0.672. The monoisotopic (exact) mass is 268 g/mol. The maximum Gasteiger partial charge on any atom is 0.256 e. The summed E-state index contributed by atoms with van der Waals surface area (Å²) >= 11 is 0. The van der Waals surface area contributed by atoms with Gasteiger partial charge >= 0.3 is 0 Å². The molecule has 2 saturated heterocycles. The Morgan fingerprint density at radius 3 is 2.16 bits per heavy atom. The lowest BCUT2D eigenvalue weighted by atomic mass is 9.95. The van der Waals surface area contributed by atoms with Crippen molar-refractivity contribution in [3.05, 3.63) is 0 Å². The van der Waals surface area contributed by atoms with Crippen LogP contribution in [-0.4, -0.2) is 58.6 Å². The van der Waals surface area contributed by atoms with E-state index in [-0.39, 0.29) is 17.0 Å². The van der Waals surface area contributed by atoms with Crippen molar-refractivity contribution in [2.45, 2.75) is 64.6 Å². The molecule has 0 N–H and O–H groups in total. The van der Waals surface area contributed by atoms with Crippen LogP contribution in [0.25, 0.3) is 0 Å². The maximum absolute atomic E-state index is 12.8. The average Bonchev–Trinajstić information content (AvgIpc) is 2.55. The van der Waals surface area contributed by atoms with E-state index < -0.39 is 5.60 Å². The lowest BCUT2D eigenvalue weighted by Crippen LogP contribution is -2.61. The topological polar surface area (TPSA) is 32.8 Å². The van der Waals surface area contributed by atoms with E-state index in [0.717, 1.165) is 26.1 Å². The predicted octanol–water partition coefficient (Wildman–Crippen LogP) is 1.89. The van der Waals surface area contributed by atoms with Crippen LogP contribution < -0.4 is 0 Å². The molecule has 0 saturated carbocycles. The van der Waals surface area contributed by atoms with Crippen LogP contribution in [0.2, 0.25) is 0 Å². The minimum atomic E-state index is -0.598. The van der Waals surface area contributed by atoms with Gasteiger partial charge in [0, 0.05) is 37.1 Å². The number of amides is 1. The number of carbonyl (C=O) groups excluding carboxylic acids is 1. The predicted molar refractivity (Wildman–Crippen MR) is 76.1 cm³/mol. The molecule has 2 fully saturated rings. The summed E-state index contributed by atoms with van der Waals surface area (Å²) in [6.45, 7) is 16.0. The normalized spacial score (nSPS) is 30.4. The van der Waals surface area contributed by atoms with Gasteiger partial charge in [-0.3, -0.25) is 9.69 Å². The highest BCUT2D eigenvalue weighted by Gasteiger charge is 2.53. The Labute approximate surface area is 117 Å². The molecule has 0 aromatic carbocycles. The molecule has 0 aliphatic carbocycles. The average molecular weight is 268 g/mol. The van der Waals surface area contributed by atoms with Gasteiger partial charge in [-0.05, 0) is 41.5 Å². The van der Waals surface area contributed by atoms with Gasteiger partial charge in [0.25, 0.3) is 5.91 Å². The molecule has 110 valence electrons. The zero-order valence-electron chi connectivity index (χ0n) is 13.2. The Morgan fingerprint density at radius 2 is 1.68 bits per heavy atom. The molecule has 19 heavy (non-hydrogen) atoms. The molecule has 0 radical (unpaired) electrons. The minimum Gasteiger partial charge on any atom is -0.362 e. The smallest absolute Gasteiger partial charge is 0.256 e. The zero-order chi connectivity index (χ0) is 14.5. The van der Waals surface area contributed by atoms with Crippen LogP contribution in [0.4, 0.5) is 0 Å². The molecule has 2 aliphatic heterocycles. The number of rotatable bonds is 0. The SMILES string of the molecule is CC(C)(C)N1CCOC2(CCN(C(C)(C)C)C2=O)C1. The van der Waals surface area contributed by atoms with Crippen molar-refractivity contribution in [2.24, 2.45) is 0 Å². The summed E-state index contributed by atoms with van der Waals surface area (Å²) in [5.41, 5.74) is -0.626. The third-order valence-electron chi connectivity index (χ3n) is 4.32. The van der Waals surface area contributed by atoms with Crippen LogP contribution in [0.15, 0.2) is 0 Å².